The zero-order valence-electron chi connectivity index (χ0n) is 14.6. The quantitative estimate of drug-likeness (QED) is 0.539. The molecule has 1 fully saturated rings. The molecule has 0 saturated carbocycles. The number of benzene rings is 1. The van der Waals surface area contributed by atoms with Crippen LogP contribution in [0.2, 0.25) is 0 Å². The van der Waals surface area contributed by atoms with Crippen molar-refractivity contribution in [3.8, 4) is 0 Å². The monoisotopic (exact) mass is 443 g/mol. The van der Waals surface area contributed by atoms with Gasteiger partial charge in [-0.2, -0.15) is 0 Å². The van der Waals surface area contributed by atoms with Gasteiger partial charge >= 0.3 is 0 Å². The van der Waals surface area contributed by atoms with Gasteiger partial charge in [0.1, 0.15) is 0 Å². The number of hydrogen-bond acceptors (Lipinski definition) is 5. The fourth-order valence-electron chi connectivity index (χ4n) is 3.36. The first-order chi connectivity index (χ1) is 11.3. The standard InChI is InChI=1S/C18H29N5.HI/c1-22-13-14-23(17(15-22)16-7-3-2-4-8-16)12-6-11-21-18-19-9-5-10-20-18;/h2-4,7-8,17H,5-6,9-15H2,1H3,(H2,19,20,21);1H. The number of aliphatic imine (C=N–C) groups is 1. The molecule has 24 heavy (non-hydrogen) atoms. The number of hydrogen-bond donors (Lipinski definition) is 2. The molecule has 0 bridgehead atoms. The summed E-state index contributed by atoms with van der Waals surface area (Å²) in [5.41, 5.74) is 1.44. The Morgan fingerprint density at radius 1 is 1.25 bits per heavy atom. The highest BCUT2D eigenvalue weighted by Crippen LogP contribution is 2.24. The molecule has 1 saturated heterocycles. The van der Waals surface area contributed by atoms with E-state index < -0.39 is 0 Å². The number of piperazine rings is 1. The van der Waals surface area contributed by atoms with Crippen LogP contribution in [0.1, 0.15) is 24.4 Å². The van der Waals surface area contributed by atoms with Gasteiger partial charge in [0.25, 0.3) is 0 Å². The number of nitrogens with zero attached hydrogens (tertiary/aromatic N) is 3. The second-order valence-corrected chi connectivity index (χ2v) is 6.52. The SMILES string of the molecule is CN1CCN(CCCNC2=NCCCN2)C(c2ccccc2)C1.I. The molecule has 0 aliphatic carbocycles. The Kier molecular flexibility index (Phi) is 8.28. The molecule has 2 aliphatic rings. The van der Waals surface area contributed by atoms with Crippen LogP contribution in [0, 0.1) is 0 Å². The Bertz CT molecular complexity index is 507. The van der Waals surface area contributed by atoms with Gasteiger partial charge in [0.2, 0.25) is 0 Å². The first-order valence-corrected chi connectivity index (χ1v) is 8.82. The molecule has 1 aromatic rings. The summed E-state index contributed by atoms with van der Waals surface area (Å²) in [5.74, 6) is 0.981. The topological polar surface area (TPSA) is 42.9 Å². The zero-order valence-corrected chi connectivity index (χ0v) is 16.9. The summed E-state index contributed by atoms with van der Waals surface area (Å²) < 4.78 is 0. The summed E-state index contributed by atoms with van der Waals surface area (Å²) in [7, 11) is 2.22. The van der Waals surface area contributed by atoms with Gasteiger partial charge in [0.15, 0.2) is 5.96 Å². The van der Waals surface area contributed by atoms with Crippen LogP contribution in [0.4, 0.5) is 0 Å². The second-order valence-electron chi connectivity index (χ2n) is 6.52. The van der Waals surface area contributed by atoms with Crippen molar-refractivity contribution >= 4 is 29.9 Å². The van der Waals surface area contributed by atoms with Crippen LogP contribution in [0.3, 0.4) is 0 Å². The van der Waals surface area contributed by atoms with Gasteiger partial charge in [0.05, 0.1) is 0 Å². The highest BCUT2D eigenvalue weighted by Gasteiger charge is 2.25. The first kappa shape index (κ1) is 19.5. The summed E-state index contributed by atoms with van der Waals surface area (Å²) in [6.45, 7) is 7.53. The van der Waals surface area contributed by atoms with E-state index in [0.29, 0.717) is 6.04 Å². The minimum atomic E-state index is 0. The Balaban J connectivity index is 0.00000208. The molecule has 2 N–H and O–H groups in total. The molecule has 1 aromatic carbocycles. The lowest BCUT2D eigenvalue weighted by molar-refractivity contribution is 0.0891. The highest BCUT2D eigenvalue weighted by molar-refractivity contribution is 14.0. The number of guanidine groups is 1. The molecule has 5 nitrogen and oxygen atoms in total. The fraction of sp³-hybridized carbons (Fsp3) is 0.611. The van der Waals surface area contributed by atoms with E-state index in [1.54, 1.807) is 0 Å². The van der Waals surface area contributed by atoms with Crippen molar-refractivity contribution < 1.29 is 0 Å². The second kappa shape index (κ2) is 10.2. The van der Waals surface area contributed by atoms with E-state index in [1.807, 2.05) is 0 Å². The van der Waals surface area contributed by atoms with Crippen molar-refractivity contribution in [3.63, 3.8) is 0 Å². The predicted molar refractivity (Wildman–Crippen MR) is 111 cm³/mol. The Morgan fingerprint density at radius 3 is 2.83 bits per heavy atom. The van der Waals surface area contributed by atoms with Crippen LogP contribution in [0.5, 0.6) is 0 Å². The third-order valence-corrected chi connectivity index (χ3v) is 4.69. The lowest BCUT2D eigenvalue weighted by Crippen LogP contribution is -2.47. The van der Waals surface area contributed by atoms with E-state index in [1.165, 1.54) is 5.56 Å². The highest BCUT2D eigenvalue weighted by atomic mass is 127. The Morgan fingerprint density at radius 2 is 2.08 bits per heavy atom. The summed E-state index contributed by atoms with van der Waals surface area (Å²) in [5, 5.41) is 6.74. The predicted octanol–water partition coefficient (Wildman–Crippen LogP) is 1.92. The van der Waals surface area contributed by atoms with Gasteiger partial charge in [-0.25, -0.2) is 0 Å². The van der Waals surface area contributed by atoms with E-state index in [4.69, 9.17) is 0 Å². The van der Waals surface area contributed by atoms with Crippen molar-refractivity contribution in [1.82, 2.24) is 20.4 Å². The van der Waals surface area contributed by atoms with Crippen LogP contribution in [-0.4, -0.2) is 68.6 Å². The Hall–Kier alpha value is -0.860. The molecule has 0 amide bonds. The summed E-state index contributed by atoms with van der Waals surface area (Å²) in [6, 6.07) is 11.4. The molecular formula is C18H30IN5. The van der Waals surface area contributed by atoms with Crippen LogP contribution in [0.15, 0.2) is 35.3 Å². The molecular weight excluding hydrogens is 413 g/mol. The normalized spacial score (nSPS) is 22.2. The average Bonchev–Trinajstić information content (AvgIpc) is 2.61. The van der Waals surface area contributed by atoms with Crippen LogP contribution in [0.25, 0.3) is 0 Å². The molecule has 2 heterocycles. The Labute approximate surface area is 162 Å². The first-order valence-electron chi connectivity index (χ1n) is 8.82. The van der Waals surface area contributed by atoms with E-state index in [-0.39, 0.29) is 24.0 Å². The maximum absolute atomic E-state index is 4.46. The van der Waals surface area contributed by atoms with Crippen molar-refractivity contribution in [2.24, 2.45) is 4.99 Å². The third-order valence-electron chi connectivity index (χ3n) is 4.69. The molecule has 1 atom stereocenters. The minimum Gasteiger partial charge on any atom is -0.356 e. The van der Waals surface area contributed by atoms with Gasteiger partial charge < -0.3 is 15.5 Å². The molecule has 0 spiro atoms. The van der Waals surface area contributed by atoms with Crippen molar-refractivity contribution in [2.45, 2.75) is 18.9 Å². The number of likely N-dealkylation sites (N-methyl/N-ethyl adjacent to an activating group) is 1. The van der Waals surface area contributed by atoms with E-state index >= 15 is 0 Å². The van der Waals surface area contributed by atoms with Crippen LogP contribution >= 0.6 is 24.0 Å². The van der Waals surface area contributed by atoms with Crippen molar-refractivity contribution in [2.75, 3.05) is 52.9 Å². The summed E-state index contributed by atoms with van der Waals surface area (Å²) in [6.07, 6.45) is 2.29. The summed E-state index contributed by atoms with van der Waals surface area (Å²) >= 11 is 0. The fourth-order valence-corrected chi connectivity index (χ4v) is 3.36. The minimum absolute atomic E-state index is 0. The summed E-state index contributed by atoms with van der Waals surface area (Å²) in [4.78, 5) is 9.53. The van der Waals surface area contributed by atoms with E-state index in [2.05, 4.69) is 62.8 Å². The molecule has 0 aromatic heterocycles. The van der Waals surface area contributed by atoms with Gasteiger partial charge in [-0.3, -0.25) is 9.89 Å². The number of rotatable bonds is 5. The van der Waals surface area contributed by atoms with Gasteiger partial charge in [-0.15, -0.1) is 24.0 Å². The van der Waals surface area contributed by atoms with Crippen LogP contribution in [-0.2, 0) is 0 Å². The average molecular weight is 443 g/mol. The maximum Gasteiger partial charge on any atom is 0.191 e. The number of halogens is 1. The third kappa shape index (κ3) is 5.60. The largest absolute Gasteiger partial charge is 0.356 e. The van der Waals surface area contributed by atoms with Crippen molar-refractivity contribution in [3.05, 3.63) is 35.9 Å². The smallest absolute Gasteiger partial charge is 0.191 e. The van der Waals surface area contributed by atoms with Gasteiger partial charge in [-0.1, -0.05) is 30.3 Å². The lowest BCUT2D eigenvalue weighted by Gasteiger charge is -2.40. The molecule has 1 unspecified atom stereocenters. The van der Waals surface area contributed by atoms with E-state index in [0.717, 1.165) is 64.6 Å². The molecule has 6 heteroatoms. The van der Waals surface area contributed by atoms with Gasteiger partial charge in [0, 0.05) is 51.9 Å². The number of nitrogens with one attached hydrogen (secondary N) is 2. The van der Waals surface area contributed by atoms with Crippen molar-refractivity contribution in [1.29, 1.82) is 0 Å². The zero-order chi connectivity index (χ0) is 15.9. The molecule has 0 radical (unpaired) electrons. The lowest BCUT2D eigenvalue weighted by atomic mass is 10.0. The maximum atomic E-state index is 4.46. The van der Waals surface area contributed by atoms with Crippen LogP contribution < -0.4 is 10.6 Å². The molecule has 2 aliphatic heterocycles. The van der Waals surface area contributed by atoms with E-state index in [9.17, 15) is 0 Å². The molecule has 134 valence electrons. The molecule has 3 rings (SSSR count). The van der Waals surface area contributed by atoms with Gasteiger partial charge in [-0.05, 0) is 25.5 Å².